The van der Waals surface area contributed by atoms with Crippen molar-refractivity contribution in [3.8, 4) is 0 Å². The van der Waals surface area contributed by atoms with E-state index in [1.165, 1.54) is 0 Å². The normalized spacial score (nSPS) is 24.8. The monoisotopic (exact) mass is 297 g/mol. The fourth-order valence-electron chi connectivity index (χ4n) is 2.97. The summed E-state index contributed by atoms with van der Waals surface area (Å²) < 4.78 is 26.9. The van der Waals surface area contributed by atoms with Crippen molar-refractivity contribution >= 4 is 10.0 Å². The van der Waals surface area contributed by atoms with Gasteiger partial charge >= 0.3 is 0 Å². The first kappa shape index (κ1) is 15.5. The second kappa shape index (κ2) is 6.24. The molecule has 1 N–H and O–H groups in total. The maximum absolute atomic E-state index is 12.6. The van der Waals surface area contributed by atoms with E-state index >= 15 is 0 Å². The van der Waals surface area contributed by atoms with Crippen molar-refractivity contribution in [2.24, 2.45) is 0 Å². The predicted octanol–water partition coefficient (Wildman–Crippen LogP) is 2.27. The summed E-state index contributed by atoms with van der Waals surface area (Å²) in [5.41, 5.74) is 1.57. The van der Waals surface area contributed by atoms with Crippen molar-refractivity contribution in [1.29, 1.82) is 0 Å². The molecule has 2 rings (SSSR count). The van der Waals surface area contributed by atoms with Gasteiger partial charge in [0.05, 0.1) is 12.4 Å². The molecule has 0 aliphatic carbocycles. The zero-order valence-electron chi connectivity index (χ0n) is 12.1. The molecule has 1 fully saturated rings. The summed E-state index contributed by atoms with van der Waals surface area (Å²) in [5, 5.41) is 9.01. The van der Waals surface area contributed by atoms with Gasteiger partial charge in [0.1, 0.15) is 0 Å². The SMILES string of the molecule is C[C@@H]1CCC[C@H](C)N1S(=O)(=O)Cc1ccc(CO)cc1. The first-order chi connectivity index (χ1) is 9.44. The Kier molecular flexibility index (Phi) is 4.83. The number of hydrogen-bond donors (Lipinski definition) is 1. The molecule has 0 unspecified atom stereocenters. The van der Waals surface area contributed by atoms with Crippen molar-refractivity contribution in [2.75, 3.05) is 0 Å². The Morgan fingerprint density at radius 2 is 1.60 bits per heavy atom. The second-order valence-corrected chi connectivity index (χ2v) is 7.56. The lowest BCUT2D eigenvalue weighted by atomic mass is 10.0. The summed E-state index contributed by atoms with van der Waals surface area (Å²) in [6.07, 6.45) is 2.97. The summed E-state index contributed by atoms with van der Waals surface area (Å²) in [5.74, 6) is 0.0351. The standard InChI is InChI=1S/C15H23NO3S/c1-12-4-3-5-13(2)16(12)20(18,19)11-15-8-6-14(10-17)7-9-15/h6-9,12-13,17H,3-5,10-11H2,1-2H3/t12-,13+. The number of aliphatic hydroxyl groups excluding tert-OH is 1. The lowest BCUT2D eigenvalue weighted by Crippen LogP contribution is -2.47. The summed E-state index contributed by atoms with van der Waals surface area (Å²) in [7, 11) is -3.28. The topological polar surface area (TPSA) is 57.6 Å². The number of hydrogen-bond acceptors (Lipinski definition) is 3. The van der Waals surface area contributed by atoms with E-state index in [0.717, 1.165) is 30.4 Å². The molecule has 1 aliphatic heterocycles. The van der Waals surface area contributed by atoms with E-state index in [2.05, 4.69) is 0 Å². The third-order valence-electron chi connectivity index (χ3n) is 3.99. The Bertz CT molecular complexity index is 529. The number of sulfonamides is 1. The molecular formula is C15H23NO3S. The molecule has 1 aliphatic rings. The Morgan fingerprint density at radius 3 is 2.10 bits per heavy atom. The van der Waals surface area contributed by atoms with Crippen LogP contribution in [0.1, 0.15) is 44.2 Å². The summed E-state index contributed by atoms with van der Waals surface area (Å²) >= 11 is 0. The average Bonchev–Trinajstić information content (AvgIpc) is 2.38. The van der Waals surface area contributed by atoms with Crippen LogP contribution in [0.3, 0.4) is 0 Å². The molecule has 1 saturated heterocycles. The van der Waals surface area contributed by atoms with Crippen LogP contribution < -0.4 is 0 Å². The van der Waals surface area contributed by atoms with Gasteiger partial charge in [0, 0.05) is 12.1 Å². The van der Waals surface area contributed by atoms with Gasteiger partial charge in [-0.2, -0.15) is 4.31 Å². The molecule has 1 aromatic rings. The number of rotatable bonds is 4. The summed E-state index contributed by atoms with van der Waals surface area (Å²) in [6, 6.07) is 7.27. The fourth-order valence-corrected chi connectivity index (χ4v) is 5.04. The molecular weight excluding hydrogens is 274 g/mol. The van der Waals surface area contributed by atoms with Gasteiger partial charge in [0.25, 0.3) is 0 Å². The molecule has 1 heterocycles. The van der Waals surface area contributed by atoms with Crippen LogP contribution in [-0.4, -0.2) is 29.9 Å². The molecule has 0 bridgehead atoms. The van der Waals surface area contributed by atoms with E-state index in [1.54, 1.807) is 28.6 Å². The van der Waals surface area contributed by atoms with Gasteiger partial charge in [-0.05, 0) is 37.8 Å². The molecule has 112 valence electrons. The third kappa shape index (κ3) is 3.40. The van der Waals surface area contributed by atoms with Crippen LogP contribution in [0.2, 0.25) is 0 Å². The Labute approximate surface area is 121 Å². The quantitative estimate of drug-likeness (QED) is 0.927. The van der Waals surface area contributed by atoms with Crippen molar-refractivity contribution in [3.05, 3.63) is 35.4 Å². The van der Waals surface area contributed by atoms with Gasteiger partial charge in [-0.3, -0.25) is 0 Å². The maximum Gasteiger partial charge on any atom is 0.218 e. The van der Waals surface area contributed by atoms with E-state index in [4.69, 9.17) is 5.11 Å². The summed E-state index contributed by atoms with van der Waals surface area (Å²) in [4.78, 5) is 0. The van der Waals surface area contributed by atoms with E-state index in [0.29, 0.717) is 0 Å². The van der Waals surface area contributed by atoms with Gasteiger partial charge in [0.15, 0.2) is 0 Å². The Balaban J connectivity index is 2.16. The molecule has 2 atom stereocenters. The van der Waals surface area contributed by atoms with E-state index < -0.39 is 10.0 Å². The number of piperidine rings is 1. The molecule has 5 heteroatoms. The maximum atomic E-state index is 12.6. The zero-order valence-corrected chi connectivity index (χ0v) is 12.9. The third-order valence-corrected chi connectivity index (χ3v) is 6.05. The van der Waals surface area contributed by atoms with Crippen molar-refractivity contribution in [2.45, 2.75) is 57.6 Å². The molecule has 20 heavy (non-hydrogen) atoms. The number of nitrogens with zero attached hydrogens (tertiary/aromatic N) is 1. The van der Waals surface area contributed by atoms with Crippen molar-refractivity contribution < 1.29 is 13.5 Å². The first-order valence-electron chi connectivity index (χ1n) is 7.14. The van der Waals surface area contributed by atoms with Crippen LogP contribution in [0.4, 0.5) is 0 Å². The summed E-state index contributed by atoms with van der Waals surface area (Å²) in [6.45, 7) is 3.96. The predicted molar refractivity (Wildman–Crippen MR) is 79.6 cm³/mol. The van der Waals surface area contributed by atoms with Crippen LogP contribution in [0.5, 0.6) is 0 Å². The largest absolute Gasteiger partial charge is 0.392 e. The number of aliphatic hydroxyl groups is 1. The van der Waals surface area contributed by atoms with Gasteiger partial charge in [-0.1, -0.05) is 30.7 Å². The highest BCUT2D eigenvalue weighted by atomic mass is 32.2. The molecule has 1 aromatic carbocycles. The molecule has 0 spiro atoms. The van der Waals surface area contributed by atoms with Crippen LogP contribution in [0.25, 0.3) is 0 Å². The molecule has 0 amide bonds. The van der Waals surface area contributed by atoms with Crippen LogP contribution in [-0.2, 0) is 22.4 Å². The van der Waals surface area contributed by atoms with Gasteiger partial charge in [-0.15, -0.1) is 0 Å². The highest BCUT2D eigenvalue weighted by Crippen LogP contribution is 2.27. The van der Waals surface area contributed by atoms with Crippen molar-refractivity contribution in [1.82, 2.24) is 4.31 Å². The zero-order chi connectivity index (χ0) is 14.8. The smallest absolute Gasteiger partial charge is 0.218 e. The first-order valence-corrected chi connectivity index (χ1v) is 8.75. The number of benzene rings is 1. The highest BCUT2D eigenvalue weighted by Gasteiger charge is 2.34. The van der Waals surface area contributed by atoms with Gasteiger partial charge in [0.2, 0.25) is 10.0 Å². The fraction of sp³-hybridized carbons (Fsp3) is 0.600. The minimum absolute atomic E-state index is 0.0206. The van der Waals surface area contributed by atoms with E-state index in [9.17, 15) is 8.42 Å². The molecule has 0 aromatic heterocycles. The lowest BCUT2D eigenvalue weighted by molar-refractivity contribution is 0.204. The second-order valence-electron chi connectivity index (χ2n) is 5.69. The Hall–Kier alpha value is -0.910. The minimum atomic E-state index is -3.28. The molecule has 0 radical (unpaired) electrons. The van der Waals surface area contributed by atoms with E-state index in [-0.39, 0.29) is 24.4 Å². The molecule has 4 nitrogen and oxygen atoms in total. The van der Waals surface area contributed by atoms with Crippen LogP contribution in [0.15, 0.2) is 24.3 Å². The average molecular weight is 297 g/mol. The van der Waals surface area contributed by atoms with Crippen LogP contribution in [0, 0.1) is 0 Å². The highest BCUT2D eigenvalue weighted by molar-refractivity contribution is 7.88. The lowest BCUT2D eigenvalue weighted by Gasteiger charge is -2.37. The minimum Gasteiger partial charge on any atom is -0.392 e. The molecule has 0 saturated carbocycles. The Morgan fingerprint density at radius 1 is 1.10 bits per heavy atom. The van der Waals surface area contributed by atoms with Gasteiger partial charge in [-0.25, -0.2) is 8.42 Å². The van der Waals surface area contributed by atoms with Gasteiger partial charge < -0.3 is 5.11 Å². The van der Waals surface area contributed by atoms with E-state index in [1.807, 2.05) is 13.8 Å². The van der Waals surface area contributed by atoms with Crippen LogP contribution >= 0.6 is 0 Å². The van der Waals surface area contributed by atoms with Crippen molar-refractivity contribution in [3.63, 3.8) is 0 Å².